The predicted molar refractivity (Wildman–Crippen MR) is 86.2 cm³/mol. The number of fused-ring (bicyclic) bond motifs is 1. The van der Waals surface area contributed by atoms with Crippen molar-refractivity contribution in [3.8, 4) is 0 Å². The summed E-state index contributed by atoms with van der Waals surface area (Å²) in [4.78, 5) is 27.5. The van der Waals surface area contributed by atoms with Crippen molar-refractivity contribution in [2.45, 2.75) is 58.0 Å². The highest BCUT2D eigenvalue weighted by Gasteiger charge is 2.49. The summed E-state index contributed by atoms with van der Waals surface area (Å²) < 4.78 is 0. The second-order valence-electron chi connectivity index (χ2n) is 6.66. The van der Waals surface area contributed by atoms with Crippen molar-refractivity contribution in [3.05, 3.63) is 35.9 Å². The first kappa shape index (κ1) is 15.3. The van der Waals surface area contributed by atoms with Crippen molar-refractivity contribution in [1.29, 1.82) is 0 Å². The Kier molecular flexibility index (Phi) is 4.32. The van der Waals surface area contributed by atoms with E-state index in [4.69, 9.17) is 0 Å². The van der Waals surface area contributed by atoms with E-state index in [-0.39, 0.29) is 29.8 Å². The van der Waals surface area contributed by atoms with Gasteiger partial charge < -0.3 is 4.90 Å². The minimum Gasteiger partial charge on any atom is -0.331 e. The van der Waals surface area contributed by atoms with Gasteiger partial charge in [0.25, 0.3) is 0 Å². The Labute approximate surface area is 132 Å². The smallest absolute Gasteiger partial charge is 0.220 e. The summed E-state index contributed by atoms with van der Waals surface area (Å²) in [6.45, 7) is 3.73. The third-order valence-corrected chi connectivity index (χ3v) is 5.44. The molecule has 1 saturated carbocycles. The Morgan fingerprint density at radius 3 is 2.50 bits per heavy atom. The number of carbonyl (C=O) groups excluding carboxylic acids is 2. The normalized spacial score (nSPS) is 31.7. The van der Waals surface area contributed by atoms with Gasteiger partial charge in [-0.2, -0.15) is 0 Å². The third kappa shape index (κ3) is 2.47. The molecular formula is C19H25NO2. The number of piperidine rings is 1. The van der Waals surface area contributed by atoms with E-state index >= 15 is 0 Å². The molecule has 0 aromatic heterocycles. The van der Waals surface area contributed by atoms with Gasteiger partial charge in [0.15, 0.2) is 0 Å². The molecule has 0 spiro atoms. The molecular weight excluding hydrogens is 274 g/mol. The largest absolute Gasteiger partial charge is 0.331 e. The van der Waals surface area contributed by atoms with Crippen LogP contribution in [0.3, 0.4) is 0 Å². The highest BCUT2D eigenvalue weighted by atomic mass is 16.2. The first-order chi connectivity index (χ1) is 10.6. The fourth-order valence-corrected chi connectivity index (χ4v) is 4.50. The molecule has 0 radical (unpaired) electrons. The standard InChI is InChI=1S/C19H25NO2/c1-3-15-18(14-9-5-4-6-10-14)20(13(2)21)17-12-8-7-11-16(17)19(15)22/h4-6,9-10,15-18H,3,7-8,11-12H2,1-2H3/t15-,16+,17+,18-/m1/s1. The number of ketones is 1. The molecule has 3 nitrogen and oxygen atoms in total. The molecule has 2 fully saturated rings. The molecule has 1 heterocycles. The molecule has 1 aliphatic heterocycles. The topological polar surface area (TPSA) is 37.4 Å². The quantitative estimate of drug-likeness (QED) is 0.834. The van der Waals surface area contributed by atoms with Crippen molar-refractivity contribution >= 4 is 11.7 Å². The van der Waals surface area contributed by atoms with Crippen molar-refractivity contribution in [2.24, 2.45) is 11.8 Å². The maximum atomic E-state index is 13.0. The fraction of sp³-hybridized carbons (Fsp3) is 0.579. The maximum Gasteiger partial charge on any atom is 0.220 e. The van der Waals surface area contributed by atoms with E-state index in [9.17, 15) is 9.59 Å². The Bertz CT molecular complexity index is 554. The Morgan fingerprint density at radius 2 is 1.86 bits per heavy atom. The van der Waals surface area contributed by atoms with Crippen molar-refractivity contribution in [3.63, 3.8) is 0 Å². The van der Waals surface area contributed by atoms with Gasteiger partial charge in [-0.1, -0.05) is 50.1 Å². The third-order valence-electron chi connectivity index (χ3n) is 5.44. The van der Waals surface area contributed by atoms with Gasteiger partial charge in [0.2, 0.25) is 5.91 Å². The van der Waals surface area contributed by atoms with Gasteiger partial charge >= 0.3 is 0 Å². The zero-order valence-corrected chi connectivity index (χ0v) is 13.5. The summed E-state index contributed by atoms with van der Waals surface area (Å²) in [6.07, 6.45) is 4.95. The van der Waals surface area contributed by atoms with Gasteiger partial charge in [-0.25, -0.2) is 0 Å². The molecule has 4 atom stereocenters. The Hall–Kier alpha value is -1.64. The molecule has 118 valence electrons. The van der Waals surface area contributed by atoms with Gasteiger partial charge in [0, 0.05) is 24.8 Å². The molecule has 22 heavy (non-hydrogen) atoms. The minimum atomic E-state index is -0.0875. The summed E-state index contributed by atoms with van der Waals surface area (Å²) in [6, 6.07) is 10.1. The maximum absolute atomic E-state index is 13.0. The van der Waals surface area contributed by atoms with Crippen molar-refractivity contribution in [2.75, 3.05) is 0 Å². The average molecular weight is 299 g/mol. The van der Waals surface area contributed by atoms with Crippen LogP contribution >= 0.6 is 0 Å². The Morgan fingerprint density at radius 1 is 1.18 bits per heavy atom. The lowest BCUT2D eigenvalue weighted by atomic mass is 9.69. The highest BCUT2D eigenvalue weighted by molar-refractivity contribution is 5.88. The number of benzene rings is 1. The SMILES string of the molecule is CC[C@H]1C(=O)[C@H]2CCCC[C@@H]2N(C(C)=O)[C@@H]1c1ccccc1. The van der Waals surface area contributed by atoms with E-state index < -0.39 is 0 Å². The molecule has 1 amide bonds. The number of hydrogen-bond donors (Lipinski definition) is 0. The first-order valence-corrected chi connectivity index (χ1v) is 8.52. The van der Waals surface area contributed by atoms with Crippen LogP contribution in [-0.2, 0) is 9.59 Å². The van der Waals surface area contributed by atoms with Crippen LogP contribution in [0.4, 0.5) is 0 Å². The summed E-state index contributed by atoms with van der Waals surface area (Å²) >= 11 is 0. The number of hydrogen-bond acceptors (Lipinski definition) is 2. The zero-order chi connectivity index (χ0) is 15.7. The van der Waals surface area contributed by atoms with Crippen LogP contribution in [0.1, 0.15) is 57.6 Å². The molecule has 1 aliphatic carbocycles. The van der Waals surface area contributed by atoms with Crippen LogP contribution in [0.25, 0.3) is 0 Å². The number of likely N-dealkylation sites (tertiary alicyclic amines) is 1. The van der Waals surface area contributed by atoms with Crippen LogP contribution in [0, 0.1) is 11.8 Å². The summed E-state index contributed by atoms with van der Waals surface area (Å²) in [5, 5.41) is 0. The van der Waals surface area contributed by atoms with E-state index in [2.05, 4.69) is 19.1 Å². The number of nitrogens with zero attached hydrogens (tertiary/aromatic N) is 1. The van der Waals surface area contributed by atoms with E-state index in [1.54, 1.807) is 6.92 Å². The van der Waals surface area contributed by atoms with Crippen LogP contribution in [-0.4, -0.2) is 22.6 Å². The molecule has 1 saturated heterocycles. The van der Waals surface area contributed by atoms with Crippen LogP contribution in [0.5, 0.6) is 0 Å². The number of rotatable bonds is 2. The molecule has 0 N–H and O–H groups in total. The highest BCUT2D eigenvalue weighted by Crippen LogP contribution is 2.45. The van der Waals surface area contributed by atoms with Crippen molar-refractivity contribution < 1.29 is 9.59 Å². The molecule has 1 aromatic carbocycles. The zero-order valence-electron chi connectivity index (χ0n) is 13.5. The number of Topliss-reactive ketones (excluding diaryl/α,β-unsaturated/α-hetero) is 1. The number of carbonyl (C=O) groups is 2. The van der Waals surface area contributed by atoms with E-state index in [0.29, 0.717) is 5.78 Å². The molecule has 0 bridgehead atoms. The first-order valence-electron chi connectivity index (χ1n) is 8.52. The van der Waals surface area contributed by atoms with Gasteiger partial charge in [0.05, 0.1) is 6.04 Å². The van der Waals surface area contributed by atoms with Gasteiger partial charge in [-0.05, 0) is 24.8 Å². The lowest BCUT2D eigenvalue weighted by Gasteiger charge is -2.51. The molecule has 1 aromatic rings. The molecule has 2 aliphatic rings. The lowest BCUT2D eigenvalue weighted by Crippen LogP contribution is -2.57. The van der Waals surface area contributed by atoms with Crippen LogP contribution in [0.15, 0.2) is 30.3 Å². The van der Waals surface area contributed by atoms with Crippen molar-refractivity contribution in [1.82, 2.24) is 4.90 Å². The summed E-state index contributed by atoms with van der Waals surface area (Å²) in [5.74, 6) is 0.489. The van der Waals surface area contributed by atoms with Crippen LogP contribution in [0.2, 0.25) is 0 Å². The van der Waals surface area contributed by atoms with E-state index in [0.717, 1.165) is 37.7 Å². The fourth-order valence-electron chi connectivity index (χ4n) is 4.50. The molecule has 0 unspecified atom stereocenters. The molecule has 3 heteroatoms. The summed E-state index contributed by atoms with van der Waals surface area (Å²) in [7, 11) is 0. The second kappa shape index (κ2) is 6.23. The van der Waals surface area contributed by atoms with Gasteiger partial charge in [0.1, 0.15) is 5.78 Å². The molecule has 3 rings (SSSR count). The minimum absolute atomic E-state index is 0.0579. The van der Waals surface area contributed by atoms with E-state index in [1.165, 1.54) is 0 Å². The van der Waals surface area contributed by atoms with Gasteiger partial charge in [-0.15, -0.1) is 0 Å². The number of amides is 1. The summed E-state index contributed by atoms with van der Waals surface area (Å²) in [5.41, 5.74) is 1.10. The Balaban J connectivity index is 2.06. The second-order valence-corrected chi connectivity index (χ2v) is 6.66. The average Bonchev–Trinajstić information content (AvgIpc) is 2.55. The van der Waals surface area contributed by atoms with E-state index in [1.807, 2.05) is 23.1 Å². The van der Waals surface area contributed by atoms with Crippen LogP contribution < -0.4 is 0 Å². The predicted octanol–water partition coefficient (Wildman–Crippen LogP) is 3.74. The monoisotopic (exact) mass is 299 g/mol. The van der Waals surface area contributed by atoms with Gasteiger partial charge in [-0.3, -0.25) is 9.59 Å². The lowest BCUT2D eigenvalue weighted by molar-refractivity contribution is -0.153.